The molecule has 2 nitrogen and oxygen atoms in total. The van der Waals surface area contributed by atoms with Gasteiger partial charge in [-0.1, -0.05) is 30.3 Å². The van der Waals surface area contributed by atoms with Crippen LogP contribution in [0.5, 0.6) is 0 Å². The number of nitrogens with two attached hydrogens (primary N) is 1. The van der Waals surface area contributed by atoms with Gasteiger partial charge in [0.2, 0.25) is 0 Å². The van der Waals surface area contributed by atoms with Crippen LogP contribution < -0.4 is 5.73 Å². The predicted molar refractivity (Wildman–Crippen MR) is 45.1 cm³/mol. The lowest BCUT2D eigenvalue weighted by molar-refractivity contribution is 0.153. The minimum Gasteiger partial charge on any atom is -0.387 e. The molecule has 0 saturated carbocycles. The molecule has 2 heteroatoms. The Morgan fingerprint density at radius 1 is 1.27 bits per heavy atom. The first-order valence-electron chi connectivity index (χ1n) is 3.70. The van der Waals surface area contributed by atoms with E-state index in [9.17, 15) is 5.11 Å². The summed E-state index contributed by atoms with van der Waals surface area (Å²) in [4.78, 5) is 0. The summed E-state index contributed by atoms with van der Waals surface area (Å²) in [6.45, 7) is 1.79. The van der Waals surface area contributed by atoms with E-state index in [4.69, 9.17) is 5.73 Å². The SMILES string of the molecule is C[C@H](N)C(O)c1ccccc1. The van der Waals surface area contributed by atoms with Crippen LogP contribution in [-0.4, -0.2) is 11.1 Å². The lowest BCUT2D eigenvalue weighted by Gasteiger charge is -2.13. The van der Waals surface area contributed by atoms with Gasteiger partial charge in [-0.25, -0.2) is 0 Å². The Labute approximate surface area is 66.7 Å². The van der Waals surface area contributed by atoms with Crippen LogP contribution in [0.15, 0.2) is 30.3 Å². The van der Waals surface area contributed by atoms with Crippen molar-refractivity contribution in [2.24, 2.45) is 5.73 Å². The van der Waals surface area contributed by atoms with E-state index in [1.54, 1.807) is 6.92 Å². The van der Waals surface area contributed by atoms with Gasteiger partial charge < -0.3 is 10.8 Å². The maximum absolute atomic E-state index is 9.47. The van der Waals surface area contributed by atoms with E-state index in [0.717, 1.165) is 5.56 Å². The molecule has 0 aliphatic rings. The third-order valence-corrected chi connectivity index (χ3v) is 1.64. The van der Waals surface area contributed by atoms with E-state index in [-0.39, 0.29) is 6.04 Å². The lowest BCUT2D eigenvalue weighted by atomic mass is 10.0. The molecular formula is C9H13NO. The van der Waals surface area contributed by atoms with E-state index >= 15 is 0 Å². The molecule has 1 unspecified atom stereocenters. The van der Waals surface area contributed by atoms with Crippen molar-refractivity contribution in [3.63, 3.8) is 0 Å². The Morgan fingerprint density at radius 3 is 2.27 bits per heavy atom. The lowest BCUT2D eigenvalue weighted by Crippen LogP contribution is -2.24. The first kappa shape index (κ1) is 8.24. The molecule has 2 atom stereocenters. The second-order valence-electron chi connectivity index (χ2n) is 2.71. The van der Waals surface area contributed by atoms with Gasteiger partial charge >= 0.3 is 0 Å². The maximum Gasteiger partial charge on any atom is 0.0938 e. The number of aliphatic hydroxyl groups excluding tert-OH is 1. The van der Waals surface area contributed by atoms with Crippen LogP contribution in [0.25, 0.3) is 0 Å². The summed E-state index contributed by atoms with van der Waals surface area (Å²) in [6.07, 6.45) is -0.545. The van der Waals surface area contributed by atoms with Crippen LogP contribution in [0, 0.1) is 0 Å². The van der Waals surface area contributed by atoms with Crippen molar-refractivity contribution in [2.75, 3.05) is 0 Å². The van der Waals surface area contributed by atoms with Gasteiger partial charge in [0.1, 0.15) is 0 Å². The molecule has 0 radical (unpaired) electrons. The normalized spacial score (nSPS) is 15.9. The molecule has 60 valence electrons. The Morgan fingerprint density at radius 2 is 1.82 bits per heavy atom. The standard InChI is InChI=1S/C9H13NO/c1-7(10)9(11)8-5-3-2-4-6-8/h2-7,9,11H,10H2,1H3/t7-,9?/m0/s1. The number of benzene rings is 1. The minimum absolute atomic E-state index is 0.211. The van der Waals surface area contributed by atoms with Gasteiger partial charge in [-0.05, 0) is 12.5 Å². The molecule has 1 aromatic carbocycles. The highest BCUT2D eigenvalue weighted by Gasteiger charge is 2.10. The largest absolute Gasteiger partial charge is 0.387 e. The van der Waals surface area contributed by atoms with E-state index in [1.165, 1.54) is 0 Å². The van der Waals surface area contributed by atoms with Crippen molar-refractivity contribution >= 4 is 0 Å². The van der Waals surface area contributed by atoms with Gasteiger partial charge in [0.15, 0.2) is 0 Å². The fourth-order valence-electron chi connectivity index (χ4n) is 0.954. The molecule has 0 fully saturated rings. The number of rotatable bonds is 2. The molecule has 0 spiro atoms. The summed E-state index contributed by atoms with van der Waals surface area (Å²) in [5, 5.41) is 9.47. The summed E-state index contributed by atoms with van der Waals surface area (Å²) < 4.78 is 0. The Bertz CT molecular complexity index is 208. The molecule has 0 aliphatic carbocycles. The average Bonchev–Trinajstić information content (AvgIpc) is 2.05. The van der Waals surface area contributed by atoms with Crippen LogP contribution in [0.3, 0.4) is 0 Å². The van der Waals surface area contributed by atoms with E-state index in [2.05, 4.69) is 0 Å². The summed E-state index contributed by atoms with van der Waals surface area (Å²) in [7, 11) is 0. The molecule has 0 aliphatic heterocycles. The number of hydrogen-bond acceptors (Lipinski definition) is 2. The zero-order valence-electron chi connectivity index (χ0n) is 6.57. The monoisotopic (exact) mass is 151 g/mol. The molecule has 0 bridgehead atoms. The quantitative estimate of drug-likeness (QED) is 0.664. The predicted octanol–water partition coefficient (Wildman–Crippen LogP) is 1.07. The molecule has 0 amide bonds. The van der Waals surface area contributed by atoms with Crippen molar-refractivity contribution in [2.45, 2.75) is 19.1 Å². The second-order valence-corrected chi connectivity index (χ2v) is 2.71. The zero-order valence-corrected chi connectivity index (χ0v) is 6.57. The van der Waals surface area contributed by atoms with Crippen molar-refractivity contribution in [1.82, 2.24) is 0 Å². The highest BCUT2D eigenvalue weighted by atomic mass is 16.3. The van der Waals surface area contributed by atoms with Crippen molar-refractivity contribution in [3.8, 4) is 0 Å². The first-order valence-corrected chi connectivity index (χ1v) is 3.70. The summed E-state index contributed by atoms with van der Waals surface area (Å²) in [5.41, 5.74) is 6.40. The van der Waals surface area contributed by atoms with Crippen molar-refractivity contribution in [1.29, 1.82) is 0 Å². The van der Waals surface area contributed by atoms with Crippen LogP contribution >= 0.6 is 0 Å². The summed E-state index contributed by atoms with van der Waals surface area (Å²) in [6, 6.07) is 9.22. The first-order chi connectivity index (χ1) is 5.22. The highest BCUT2D eigenvalue weighted by Crippen LogP contribution is 2.13. The average molecular weight is 151 g/mol. The van der Waals surface area contributed by atoms with Gasteiger partial charge in [-0.15, -0.1) is 0 Å². The Hall–Kier alpha value is -0.860. The van der Waals surface area contributed by atoms with Crippen molar-refractivity contribution in [3.05, 3.63) is 35.9 Å². The summed E-state index contributed by atoms with van der Waals surface area (Å²) in [5.74, 6) is 0. The van der Waals surface area contributed by atoms with Gasteiger partial charge in [0.05, 0.1) is 6.10 Å². The van der Waals surface area contributed by atoms with Crippen molar-refractivity contribution < 1.29 is 5.11 Å². The molecule has 11 heavy (non-hydrogen) atoms. The third-order valence-electron chi connectivity index (χ3n) is 1.64. The fourth-order valence-corrected chi connectivity index (χ4v) is 0.954. The van der Waals surface area contributed by atoms with Crippen LogP contribution in [0.2, 0.25) is 0 Å². The topological polar surface area (TPSA) is 46.2 Å². The molecule has 1 aromatic rings. The van der Waals surface area contributed by atoms with Gasteiger partial charge in [0, 0.05) is 6.04 Å². The Balaban J connectivity index is 2.77. The smallest absolute Gasteiger partial charge is 0.0938 e. The van der Waals surface area contributed by atoms with Crippen LogP contribution in [-0.2, 0) is 0 Å². The van der Waals surface area contributed by atoms with E-state index in [0.29, 0.717) is 0 Å². The Kier molecular flexibility index (Phi) is 2.63. The molecule has 1 rings (SSSR count). The molecule has 0 heterocycles. The maximum atomic E-state index is 9.47. The molecule has 0 saturated heterocycles. The number of aliphatic hydroxyl groups is 1. The molecular weight excluding hydrogens is 138 g/mol. The van der Waals surface area contributed by atoms with Gasteiger partial charge in [-0.2, -0.15) is 0 Å². The van der Waals surface area contributed by atoms with E-state index in [1.807, 2.05) is 30.3 Å². The fraction of sp³-hybridized carbons (Fsp3) is 0.333. The summed E-state index contributed by atoms with van der Waals surface area (Å²) >= 11 is 0. The minimum atomic E-state index is -0.545. The second kappa shape index (κ2) is 3.51. The van der Waals surface area contributed by atoms with Gasteiger partial charge in [0.25, 0.3) is 0 Å². The molecule has 0 aromatic heterocycles. The zero-order chi connectivity index (χ0) is 8.27. The third kappa shape index (κ3) is 2.03. The van der Waals surface area contributed by atoms with Crippen LogP contribution in [0.1, 0.15) is 18.6 Å². The molecule has 3 N–H and O–H groups in total. The highest BCUT2D eigenvalue weighted by molar-refractivity contribution is 5.18. The van der Waals surface area contributed by atoms with E-state index < -0.39 is 6.10 Å². The number of hydrogen-bond donors (Lipinski definition) is 2. The van der Waals surface area contributed by atoms with Gasteiger partial charge in [-0.3, -0.25) is 0 Å². The van der Waals surface area contributed by atoms with Crippen LogP contribution in [0.4, 0.5) is 0 Å².